The summed E-state index contributed by atoms with van der Waals surface area (Å²) in [4.78, 5) is 10.2. The molecule has 0 aliphatic rings. The average molecular weight is 214 g/mol. The molecule has 0 saturated carbocycles. The summed E-state index contributed by atoms with van der Waals surface area (Å²) in [7, 11) is 1.24. The predicted molar refractivity (Wildman–Crippen MR) is 49.6 cm³/mol. The van der Waals surface area contributed by atoms with E-state index in [-0.39, 0.29) is 5.75 Å². The van der Waals surface area contributed by atoms with Crippen LogP contribution in [-0.2, 0) is 4.79 Å². The molecule has 80 valence electrons. The molecule has 0 saturated heterocycles. The van der Waals surface area contributed by atoms with Crippen molar-refractivity contribution in [2.24, 2.45) is 0 Å². The highest BCUT2D eigenvalue weighted by atomic mass is 19.1. The van der Waals surface area contributed by atoms with Gasteiger partial charge in [0.2, 0.25) is 0 Å². The molecule has 0 aliphatic carbocycles. The summed E-state index contributed by atoms with van der Waals surface area (Å²) < 4.78 is 31.1. The van der Waals surface area contributed by atoms with Gasteiger partial charge in [0.25, 0.3) is 0 Å². The van der Waals surface area contributed by atoms with E-state index in [1.54, 1.807) is 0 Å². The number of carboxylic acid groups (broad SMARTS) is 1. The Kier molecular flexibility index (Phi) is 3.38. The van der Waals surface area contributed by atoms with Crippen molar-refractivity contribution in [3.63, 3.8) is 0 Å². The van der Waals surface area contributed by atoms with Crippen LogP contribution in [-0.4, -0.2) is 18.2 Å². The van der Waals surface area contributed by atoms with Crippen LogP contribution >= 0.6 is 0 Å². The van der Waals surface area contributed by atoms with Crippen molar-refractivity contribution in [2.45, 2.75) is 0 Å². The molecule has 0 bridgehead atoms. The number of halogens is 2. The van der Waals surface area contributed by atoms with Crippen LogP contribution in [0.3, 0.4) is 0 Å². The van der Waals surface area contributed by atoms with Crippen LogP contribution in [0.1, 0.15) is 5.56 Å². The number of rotatable bonds is 3. The maximum atomic E-state index is 13.4. The third kappa shape index (κ3) is 2.52. The van der Waals surface area contributed by atoms with Crippen LogP contribution in [0.25, 0.3) is 6.08 Å². The normalized spacial score (nSPS) is 10.6. The first kappa shape index (κ1) is 11.2. The van der Waals surface area contributed by atoms with E-state index in [1.165, 1.54) is 7.11 Å². The Labute approximate surface area is 84.6 Å². The van der Waals surface area contributed by atoms with Crippen LogP contribution in [0.15, 0.2) is 18.2 Å². The van der Waals surface area contributed by atoms with Gasteiger partial charge < -0.3 is 9.84 Å². The van der Waals surface area contributed by atoms with Crippen LogP contribution in [0.5, 0.6) is 5.75 Å². The zero-order valence-corrected chi connectivity index (χ0v) is 7.83. The van der Waals surface area contributed by atoms with Crippen LogP contribution in [0, 0.1) is 11.6 Å². The van der Waals surface area contributed by atoms with Gasteiger partial charge in [-0.2, -0.15) is 0 Å². The first-order valence-electron chi connectivity index (χ1n) is 3.99. The fraction of sp³-hybridized carbons (Fsp3) is 0.100. The fourth-order valence-corrected chi connectivity index (χ4v) is 1.01. The molecule has 1 aromatic rings. The number of hydrogen-bond acceptors (Lipinski definition) is 2. The minimum Gasteiger partial charge on any atom is -0.494 e. The molecule has 15 heavy (non-hydrogen) atoms. The van der Waals surface area contributed by atoms with Gasteiger partial charge in [-0.15, -0.1) is 0 Å². The van der Waals surface area contributed by atoms with Gasteiger partial charge in [0, 0.05) is 6.08 Å². The molecule has 1 N–H and O–H groups in total. The molecule has 3 nitrogen and oxygen atoms in total. The lowest BCUT2D eigenvalue weighted by molar-refractivity contribution is -0.131. The topological polar surface area (TPSA) is 46.5 Å². The Hall–Kier alpha value is -1.91. The number of carboxylic acids is 1. The van der Waals surface area contributed by atoms with Gasteiger partial charge >= 0.3 is 5.97 Å². The molecule has 0 unspecified atom stereocenters. The quantitative estimate of drug-likeness (QED) is 0.783. The maximum Gasteiger partial charge on any atom is 0.328 e. The second kappa shape index (κ2) is 4.54. The third-order valence-electron chi connectivity index (χ3n) is 1.70. The predicted octanol–water partition coefficient (Wildman–Crippen LogP) is 2.07. The Morgan fingerprint density at radius 1 is 1.47 bits per heavy atom. The van der Waals surface area contributed by atoms with E-state index >= 15 is 0 Å². The zero-order chi connectivity index (χ0) is 11.4. The standard InChI is InChI=1S/C10H8F2O3/c1-15-8-4-3-7(11)6(10(8)12)2-5-9(13)14/h2-5H,1H3,(H,13,14)/b5-2+. The molecule has 0 fully saturated rings. The Balaban J connectivity index is 3.21. The van der Waals surface area contributed by atoms with Crippen LogP contribution in [0.4, 0.5) is 8.78 Å². The minimum absolute atomic E-state index is 0.138. The van der Waals surface area contributed by atoms with Gasteiger partial charge in [-0.3, -0.25) is 0 Å². The molecule has 0 amide bonds. The van der Waals surface area contributed by atoms with Gasteiger partial charge in [-0.25, -0.2) is 13.6 Å². The summed E-state index contributed by atoms with van der Waals surface area (Å²) >= 11 is 0. The van der Waals surface area contributed by atoms with E-state index in [0.717, 1.165) is 18.2 Å². The van der Waals surface area contributed by atoms with Crippen molar-refractivity contribution in [1.82, 2.24) is 0 Å². The summed E-state index contributed by atoms with van der Waals surface area (Å²) in [6, 6.07) is 2.13. The van der Waals surface area contributed by atoms with E-state index in [9.17, 15) is 13.6 Å². The van der Waals surface area contributed by atoms with Crippen molar-refractivity contribution in [3.05, 3.63) is 35.4 Å². The van der Waals surface area contributed by atoms with E-state index in [1.807, 2.05) is 0 Å². The molecule has 0 aliphatic heterocycles. The van der Waals surface area contributed by atoms with Crippen LogP contribution in [0.2, 0.25) is 0 Å². The number of methoxy groups -OCH3 is 1. The van der Waals surface area contributed by atoms with Gasteiger partial charge in [0.05, 0.1) is 12.7 Å². The molecule has 5 heteroatoms. The van der Waals surface area contributed by atoms with E-state index < -0.39 is 23.2 Å². The lowest BCUT2D eigenvalue weighted by Gasteiger charge is -2.04. The molecule has 0 radical (unpaired) electrons. The Bertz CT molecular complexity index is 413. The van der Waals surface area contributed by atoms with E-state index in [4.69, 9.17) is 5.11 Å². The summed E-state index contributed by atoms with van der Waals surface area (Å²) in [5.74, 6) is -3.18. The number of hydrogen-bond donors (Lipinski definition) is 1. The number of carbonyl (C=O) groups is 1. The third-order valence-corrected chi connectivity index (χ3v) is 1.70. The monoisotopic (exact) mass is 214 g/mol. The van der Waals surface area contributed by atoms with Crippen molar-refractivity contribution in [1.29, 1.82) is 0 Å². The van der Waals surface area contributed by atoms with Crippen molar-refractivity contribution in [3.8, 4) is 5.75 Å². The van der Waals surface area contributed by atoms with Crippen LogP contribution < -0.4 is 4.74 Å². The van der Waals surface area contributed by atoms with E-state index in [2.05, 4.69) is 4.74 Å². The molecule has 0 aromatic heterocycles. The van der Waals surface area contributed by atoms with Crippen molar-refractivity contribution in [2.75, 3.05) is 7.11 Å². The number of ether oxygens (including phenoxy) is 1. The fourth-order valence-electron chi connectivity index (χ4n) is 1.01. The van der Waals surface area contributed by atoms with Crippen molar-refractivity contribution < 1.29 is 23.4 Å². The minimum atomic E-state index is -1.28. The second-order valence-corrected chi connectivity index (χ2v) is 2.65. The highest BCUT2D eigenvalue weighted by Gasteiger charge is 2.11. The lowest BCUT2D eigenvalue weighted by atomic mass is 10.1. The Morgan fingerprint density at radius 2 is 2.13 bits per heavy atom. The summed E-state index contributed by atoms with van der Waals surface area (Å²) in [6.45, 7) is 0. The lowest BCUT2D eigenvalue weighted by Crippen LogP contribution is -1.95. The summed E-state index contributed by atoms with van der Waals surface area (Å²) in [6.07, 6.45) is 1.50. The molecule has 1 aromatic carbocycles. The smallest absolute Gasteiger partial charge is 0.328 e. The van der Waals surface area contributed by atoms with Gasteiger partial charge in [-0.1, -0.05) is 0 Å². The summed E-state index contributed by atoms with van der Waals surface area (Å²) in [5.41, 5.74) is -0.434. The van der Waals surface area contributed by atoms with Gasteiger partial charge in [-0.05, 0) is 18.2 Å². The maximum absolute atomic E-state index is 13.4. The summed E-state index contributed by atoms with van der Waals surface area (Å²) in [5, 5.41) is 8.32. The number of benzene rings is 1. The zero-order valence-electron chi connectivity index (χ0n) is 7.83. The SMILES string of the molecule is COc1ccc(F)c(/C=C/C(=O)O)c1F. The highest BCUT2D eigenvalue weighted by molar-refractivity contribution is 5.85. The van der Waals surface area contributed by atoms with Crippen molar-refractivity contribution >= 4 is 12.0 Å². The highest BCUT2D eigenvalue weighted by Crippen LogP contribution is 2.23. The first-order valence-corrected chi connectivity index (χ1v) is 3.99. The van der Waals surface area contributed by atoms with Gasteiger partial charge in [0.15, 0.2) is 11.6 Å². The molecule has 1 rings (SSSR count). The molecule has 0 heterocycles. The Morgan fingerprint density at radius 3 is 2.67 bits per heavy atom. The molecular weight excluding hydrogens is 206 g/mol. The van der Waals surface area contributed by atoms with E-state index in [0.29, 0.717) is 6.08 Å². The molecule has 0 atom stereocenters. The number of aliphatic carboxylic acids is 1. The second-order valence-electron chi connectivity index (χ2n) is 2.65. The average Bonchev–Trinajstić information content (AvgIpc) is 2.17. The molecule has 0 spiro atoms. The molecular formula is C10H8F2O3. The first-order chi connectivity index (χ1) is 7.06. The largest absolute Gasteiger partial charge is 0.494 e. The van der Waals surface area contributed by atoms with Gasteiger partial charge in [0.1, 0.15) is 5.82 Å².